The second kappa shape index (κ2) is 15.3. The van der Waals surface area contributed by atoms with E-state index < -0.39 is 83.0 Å². The third-order valence-corrected chi connectivity index (χ3v) is 6.58. The Balaban J connectivity index is 0.00000384. The van der Waals surface area contributed by atoms with E-state index in [2.05, 4.69) is 10.6 Å². The van der Waals surface area contributed by atoms with Crippen LogP contribution in [0.2, 0.25) is 0 Å². The molecule has 0 heterocycles. The van der Waals surface area contributed by atoms with Crippen molar-refractivity contribution in [3.05, 3.63) is 58.7 Å². The fourth-order valence-corrected chi connectivity index (χ4v) is 4.74. The van der Waals surface area contributed by atoms with E-state index in [-0.39, 0.29) is 92.9 Å². The van der Waals surface area contributed by atoms with Gasteiger partial charge in [0.15, 0.2) is 34.7 Å². The van der Waals surface area contributed by atoms with Crippen LogP contribution >= 0.6 is 0 Å². The van der Waals surface area contributed by atoms with E-state index in [1.54, 1.807) is 41.5 Å². The van der Waals surface area contributed by atoms with Gasteiger partial charge in [0, 0.05) is 81.4 Å². The van der Waals surface area contributed by atoms with Crippen LogP contribution in [-0.4, -0.2) is 130 Å². The Kier molecular flexibility index (Phi) is 13.1. The maximum Gasteiger partial charge on any atom is 0.408 e. The molecule has 2 aliphatic rings. The molecule has 2 aromatic carbocycles. The van der Waals surface area contributed by atoms with Crippen LogP contribution in [0.1, 0.15) is 83.0 Å². The molecule has 0 saturated carbocycles. The summed E-state index contributed by atoms with van der Waals surface area (Å²) in [4.78, 5) is 101. The summed E-state index contributed by atoms with van der Waals surface area (Å²) in [5.41, 5.74) is -1.69. The molecule has 2 atom stereocenters. The van der Waals surface area contributed by atoms with Gasteiger partial charge in [-0.1, -0.05) is 0 Å². The Morgan fingerprint density at radius 3 is 1.21 bits per heavy atom. The molecular formula is C32H32N2Na2O11. The number of ether oxygens (including phenoxy) is 3. The molecule has 2 unspecified atom stereocenters. The van der Waals surface area contributed by atoms with Crippen molar-refractivity contribution in [3.8, 4) is 11.5 Å². The topological polar surface area (TPSA) is 188 Å². The number of nitrogens with one attached hydrogen (secondary N) is 2. The number of amides is 2. The van der Waals surface area contributed by atoms with Crippen molar-refractivity contribution in [2.45, 2.75) is 52.7 Å². The molecule has 47 heavy (non-hydrogen) atoms. The standard InChI is InChI=1S/C32H32N2O11.2Na/c1-31(2,3)44-29(41)33-13-21(35)23-25(37)17-9-7-15(11-19(17)27(23)39)43-16-8-10-18-20(12-16)28(40)24(26(18)38)22(36)14-34-30(42)45-32(4,5)6;;/h7-12,23-24H,13-14H2,1-6H3,(H,33,41)(H,34,42);;. The molecule has 0 spiro atoms. The summed E-state index contributed by atoms with van der Waals surface area (Å²) in [7, 11) is 0. The van der Waals surface area contributed by atoms with E-state index in [0.29, 0.717) is 0 Å². The van der Waals surface area contributed by atoms with Gasteiger partial charge in [-0.25, -0.2) is 9.59 Å². The van der Waals surface area contributed by atoms with Gasteiger partial charge in [0.05, 0.1) is 13.1 Å². The maximum absolute atomic E-state index is 13.0. The van der Waals surface area contributed by atoms with Gasteiger partial charge >= 0.3 is 12.2 Å². The van der Waals surface area contributed by atoms with E-state index in [0.717, 1.165) is 0 Å². The monoisotopic (exact) mass is 666 g/mol. The minimum absolute atomic E-state index is 0. The number of benzene rings is 2. The van der Waals surface area contributed by atoms with Crippen molar-refractivity contribution in [1.82, 2.24) is 10.6 Å². The van der Waals surface area contributed by atoms with Crippen LogP contribution in [0.25, 0.3) is 0 Å². The van der Waals surface area contributed by atoms with Crippen LogP contribution in [-0.2, 0) is 19.1 Å². The van der Waals surface area contributed by atoms with Gasteiger partial charge in [-0.15, -0.1) is 0 Å². The van der Waals surface area contributed by atoms with Crippen molar-refractivity contribution in [2.24, 2.45) is 11.8 Å². The Labute approximate surface area is 314 Å². The molecule has 2 aliphatic carbocycles. The number of carbonyl (C=O) groups excluding carboxylic acids is 8. The van der Waals surface area contributed by atoms with Crippen molar-refractivity contribution < 1.29 is 52.6 Å². The summed E-state index contributed by atoms with van der Waals surface area (Å²) in [6.45, 7) is 8.67. The van der Waals surface area contributed by atoms with Gasteiger partial charge in [-0.2, -0.15) is 0 Å². The van der Waals surface area contributed by atoms with Crippen LogP contribution in [0, 0.1) is 11.8 Å². The van der Waals surface area contributed by atoms with Gasteiger partial charge in [0.1, 0.15) is 34.5 Å². The second-order valence-corrected chi connectivity index (χ2v) is 12.5. The summed E-state index contributed by atoms with van der Waals surface area (Å²) in [5, 5.41) is 4.50. The van der Waals surface area contributed by atoms with Crippen LogP contribution < -0.4 is 15.4 Å². The number of carbonyl (C=O) groups is 8. The summed E-state index contributed by atoms with van der Waals surface area (Å²) in [6, 6.07) is 8.00. The summed E-state index contributed by atoms with van der Waals surface area (Å²) >= 11 is 0. The number of ketones is 6. The minimum Gasteiger partial charge on any atom is -0.457 e. The van der Waals surface area contributed by atoms with E-state index >= 15 is 0 Å². The average Bonchev–Trinajstić information content (AvgIpc) is 3.32. The maximum atomic E-state index is 13.0. The number of alkyl carbamates (subject to hydrolysis) is 2. The third kappa shape index (κ3) is 9.46. The first-order valence-corrected chi connectivity index (χ1v) is 14.0. The normalized spacial score (nSPS) is 16.6. The molecule has 0 saturated heterocycles. The van der Waals surface area contributed by atoms with E-state index in [1.807, 2.05) is 0 Å². The van der Waals surface area contributed by atoms with Crippen molar-refractivity contribution >= 4 is 106 Å². The minimum atomic E-state index is -1.63. The quantitative estimate of drug-likeness (QED) is 0.311. The fourth-order valence-electron chi connectivity index (χ4n) is 4.74. The Morgan fingerprint density at radius 1 is 0.574 bits per heavy atom. The summed E-state index contributed by atoms with van der Waals surface area (Å²) < 4.78 is 15.9. The fraction of sp³-hybridized carbons (Fsp3) is 0.375. The molecule has 4 rings (SSSR count). The molecule has 0 aromatic heterocycles. The van der Waals surface area contributed by atoms with Gasteiger partial charge in [-0.05, 0) is 77.9 Å². The Hall–Kier alpha value is -3.20. The number of Topliss-reactive ketones (excluding diaryl/α,β-unsaturated/α-hetero) is 6. The van der Waals surface area contributed by atoms with Crippen molar-refractivity contribution in [1.29, 1.82) is 0 Å². The summed E-state index contributed by atoms with van der Waals surface area (Å²) in [5.74, 6) is -7.61. The first-order valence-electron chi connectivity index (χ1n) is 14.0. The zero-order valence-corrected chi connectivity index (χ0v) is 31.5. The predicted octanol–water partition coefficient (Wildman–Crippen LogP) is 2.90. The zero-order valence-electron chi connectivity index (χ0n) is 27.5. The number of fused-ring (bicyclic) bond motifs is 2. The van der Waals surface area contributed by atoms with Gasteiger partial charge in [0.25, 0.3) is 0 Å². The van der Waals surface area contributed by atoms with E-state index in [9.17, 15) is 38.4 Å². The first kappa shape index (κ1) is 40.0. The SMILES string of the molecule is CC(C)(C)OC(=O)NCC(=O)C1C(=O)c2ccc(Oc3ccc4c(c3)C(=O)C(C(=O)CNC(=O)OC(C)(C)C)C4=O)cc2C1=O.[Na].[Na]. The van der Waals surface area contributed by atoms with Gasteiger partial charge in [-0.3, -0.25) is 28.8 Å². The molecule has 0 fully saturated rings. The van der Waals surface area contributed by atoms with Crippen molar-refractivity contribution in [2.75, 3.05) is 13.1 Å². The van der Waals surface area contributed by atoms with Crippen LogP contribution in [0.5, 0.6) is 11.5 Å². The van der Waals surface area contributed by atoms with Crippen molar-refractivity contribution in [3.63, 3.8) is 0 Å². The predicted molar refractivity (Wildman–Crippen MR) is 167 cm³/mol. The van der Waals surface area contributed by atoms with Crippen LogP contribution in [0.15, 0.2) is 36.4 Å². The smallest absolute Gasteiger partial charge is 0.408 e. The average molecular weight is 667 g/mol. The molecule has 238 valence electrons. The van der Waals surface area contributed by atoms with Crippen LogP contribution in [0.4, 0.5) is 9.59 Å². The molecule has 2 aromatic rings. The molecule has 2 N–H and O–H groups in total. The molecule has 0 aliphatic heterocycles. The third-order valence-electron chi connectivity index (χ3n) is 6.58. The Morgan fingerprint density at radius 2 is 0.894 bits per heavy atom. The number of rotatable bonds is 8. The number of hydrogen-bond donors (Lipinski definition) is 2. The molecule has 15 heteroatoms. The van der Waals surface area contributed by atoms with Gasteiger partial charge in [0.2, 0.25) is 0 Å². The largest absolute Gasteiger partial charge is 0.457 e. The molecule has 13 nitrogen and oxygen atoms in total. The van der Waals surface area contributed by atoms with Gasteiger partial charge < -0.3 is 24.8 Å². The molecule has 2 amide bonds. The van der Waals surface area contributed by atoms with Crippen LogP contribution in [0.3, 0.4) is 0 Å². The Bertz CT molecular complexity index is 1550. The molecule has 2 radical (unpaired) electrons. The number of hydrogen-bond acceptors (Lipinski definition) is 11. The van der Waals surface area contributed by atoms with E-state index in [1.165, 1.54) is 36.4 Å². The summed E-state index contributed by atoms with van der Waals surface area (Å²) in [6.07, 6.45) is -1.74. The second-order valence-electron chi connectivity index (χ2n) is 12.5. The molecular weight excluding hydrogens is 634 g/mol. The van der Waals surface area contributed by atoms with E-state index in [4.69, 9.17) is 14.2 Å². The molecule has 0 bridgehead atoms. The first-order chi connectivity index (χ1) is 20.9. The zero-order chi connectivity index (χ0) is 33.4.